The molecule has 1 aromatic heterocycles. The van der Waals surface area contributed by atoms with Crippen LogP contribution in [0.2, 0.25) is 0 Å². The molecule has 4 aromatic rings. The first-order valence-corrected chi connectivity index (χ1v) is 13.7. The van der Waals surface area contributed by atoms with E-state index in [4.69, 9.17) is 14.9 Å². The second-order valence-electron chi connectivity index (χ2n) is 9.53. The standard InChI is InChI=1S/C31H27N5O3S/c1-20-8-7-10-23(16-20)38-15-14-35-18-22(24-11-4-5-12-26(24)35)17-25-29(32)36-31(33-30(25)37)40-28(34-36)19-39-27-13-6-3-9-21(27)2/h3-13,16-18,32H,14-15,19H2,1-2H3/b25-17-,32-29?. The second kappa shape index (κ2) is 10.9. The zero-order chi connectivity index (χ0) is 27.6. The summed E-state index contributed by atoms with van der Waals surface area (Å²) in [6.07, 6.45) is 3.72. The fourth-order valence-electron chi connectivity index (χ4n) is 4.65. The van der Waals surface area contributed by atoms with Crippen LogP contribution in [-0.2, 0) is 11.3 Å². The van der Waals surface area contributed by atoms with Crippen LogP contribution in [0, 0.1) is 19.3 Å². The molecule has 0 saturated heterocycles. The van der Waals surface area contributed by atoms with Crippen molar-refractivity contribution in [2.75, 3.05) is 13.2 Å². The molecule has 2 aliphatic heterocycles. The first-order chi connectivity index (χ1) is 19.5. The van der Waals surface area contributed by atoms with E-state index in [0.29, 0.717) is 23.4 Å². The lowest BCUT2D eigenvalue weighted by Gasteiger charge is -2.20. The number of hydrogen-bond donors (Lipinski definition) is 1. The summed E-state index contributed by atoms with van der Waals surface area (Å²) in [6, 6.07) is 23.7. The Labute approximate surface area is 236 Å². The molecule has 2 aliphatic rings. The quantitative estimate of drug-likeness (QED) is 0.271. The van der Waals surface area contributed by atoms with Crippen LogP contribution in [0.25, 0.3) is 17.0 Å². The van der Waals surface area contributed by atoms with Crippen LogP contribution in [0.3, 0.4) is 0 Å². The van der Waals surface area contributed by atoms with Crippen LogP contribution in [0.1, 0.15) is 16.7 Å². The molecule has 1 amide bonds. The van der Waals surface area contributed by atoms with Crippen LogP contribution in [0.15, 0.2) is 94.7 Å². The Balaban J connectivity index is 1.21. The van der Waals surface area contributed by atoms with E-state index in [1.807, 2.05) is 92.8 Å². The van der Waals surface area contributed by atoms with E-state index in [2.05, 4.69) is 14.7 Å². The first kappa shape index (κ1) is 25.6. The Morgan fingerprint density at radius 3 is 2.67 bits per heavy atom. The summed E-state index contributed by atoms with van der Waals surface area (Å²) in [5, 5.41) is 16.7. The maximum absolute atomic E-state index is 13.0. The highest BCUT2D eigenvalue weighted by Crippen LogP contribution is 2.31. The minimum atomic E-state index is -0.459. The second-order valence-corrected chi connectivity index (χ2v) is 10.6. The summed E-state index contributed by atoms with van der Waals surface area (Å²) in [5.41, 5.74) is 4.21. The summed E-state index contributed by atoms with van der Waals surface area (Å²) in [7, 11) is 0. The minimum absolute atomic E-state index is 0.00648. The van der Waals surface area contributed by atoms with Gasteiger partial charge in [0.05, 0.1) is 12.1 Å². The van der Waals surface area contributed by atoms with Crippen molar-refractivity contribution in [2.45, 2.75) is 20.4 Å². The number of thioether (sulfide) groups is 1. The van der Waals surface area contributed by atoms with Gasteiger partial charge in [0.15, 0.2) is 5.84 Å². The van der Waals surface area contributed by atoms with Crippen molar-refractivity contribution in [3.63, 3.8) is 0 Å². The molecule has 0 saturated carbocycles. The fraction of sp³-hybridized carbons (Fsp3) is 0.161. The van der Waals surface area contributed by atoms with Crippen molar-refractivity contribution in [1.82, 2.24) is 9.58 Å². The Morgan fingerprint density at radius 1 is 1.00 bits per heavy atom. The van der Waals surface area contributed by atoms with Gasteiger partial charge < -0.3 is 14.0 Å². The average molecular weight is 550 g/mol. The van der Waals surface area contributed by atoms with Gasteiger partial charge in [0.2, 0.25) is 5.17 Å². The normalized spacial score (nSPS) is 15.8. The Bertz CT molecular complexity index is 1740. The molecule has 200 valence electrons. The number of benzene rings is 3. The molecule has 0 fully saturated rings. The number of nitrogens with one attached hydrogen (secondary N) is 1. The van der Waals surface area contributed by atoms with Gasteiger partial charge >= 0.3 is 0 Å². The van der Waals surface area contributed by atoms with Crippen LogP contribution >= 0.6 is 11.8 Å². The summed E-state index contributed by atoms with van der Waals surface area (Å²) in [6.45, 7) is 5.36. The predicted molar refractivity (Wildman–Crippen MR) is 160 cm³/mol. The van der Waals surface area contributed by atoms with Crippen molar-refractivity contribution in [3.8, 4) is 11.5 Å². The third-order valence-corrected chi connectivity index (χ3v) is 7.53. The number of nitrogens with zero attached hydrogens (tertiary/aromatic N) is 4. The smallest absolute Gasteiger partial charge is 0.283 e. The van der Waals surface area contributed by atoms with E-state index in [1.165, 1.54) is 16.8 Å². The molecule has 1 N–H and O–H groups in total. The van der Waals surface area contributed by atoms with E-state index in [-0.39, 0.29) is 18.0 Å². The molecule has 0 atom stereocenters. The number of aryl methyl sites for hydroxylation is 2. The lowest BCUT2D eigenvalue weighted by atomic mass is 10.1. The number of rotatable bonds is 8. The van der Waals surface area contributed by atoms with Gasteiger partial charge in [-0.1, -0.05) is 48.5 Å². The molecular formula is C31H27N5O3S. The predicted octanol–water partition coefficient (Wildman–Crippen LogP) is 6.04. The fourth-order valence-corrected chi connectivity index (χ4v) is 5.44. The van der Waals surface area contributed by atoms with Gasteiger partial charge in [0.25, 0.3) is 5.91 Å². The monoisotopic (exact) mass is 549 g/mol. The number of hydrazone groups is 1. The van der Waals surface area contributed by atoms with E-state index in [0.717, 1.165) is 39.1 Å². The Morgan fingerprint density at radius 2 is 1.82 bits per heavy atom. The average Bonchev–Trinajstić information content (AvgIpc) is 3.52. The molecule has 0 aliphatic carbocycles. The van der Waals surface area contributed by atoms with Crippen molar-refractivity contribution in [1.29, 1.82) is 5.41 Å². The van der Waals surface area contributed by atoms with Crippen LogP contribution in [0.4, 0.5) is 0 Å². The lowest BCUT2D eigenvalue weighted by Crippen LogP contribution is -2.35. The Hall–Kier alpha value is -4.63. The van der Waals surface area contributed by atoms with Gasteiger partial charge in [-0.25, -0.2) is 0 Å². The highest BCUT2D eigenvalue weighted by atomic mass is 32.2. The summed E-state index contributed by atoms with van der Waals surface area (Å²) in [5.74, 6) is 1.14. The molecule has 8 nitrogen and oxygen atoms in total. The molecule has 0 bridgehead atoms. The van der Waals surface area contributed by atoms with Gasteiger partial charge in [-0.05, 0) is 67.1 Å². The van der Waals surface area contributed by atoms with Gasteiger partial charge in [0.1, 0.15) is 29.8 Å². The highest BCUT2D eigenvalue weighted by Gasteiger charge is 2.36. The Kier molecular flexibility index (Phi) is 6.96. The third-order valence-electron chi connectivity index (χ3n) is 6.65. The highest BCUT2D eigenvalue weighted by molar-refractivity contribution is 8.27. The van der Waals surface area contributed by atoms with Gasteiger partial charge in [-0.15, -0.1) is 0 Å². The number of hydrogen-bond acceptors (Lipinski definition) is 6. The third kappa shape index (κ3) is 5.15. The van der Waals surface area contributed by atoms with Gasteiger partial charge in [-0.2, -0.15) is 15.1 Å². The molecule has 6 rings (SSSR count). The van der Waals surface area contributed by atoms with Crippen molar-refractivity contribution in [3.05, 3.63) is 101 Å². The van der Waals surface area contributed by atoms with Crippen molar-refractivity contribution < 1.29 is 14.3 Å². The van der Waals surface area contributed by atoms with E-state index in [9.17, 15) is 4.79 Å². The first-order valence-electron chi connectivity index (χ1n) is 12.9. The number of aromatic nitrogens is 1. The lowest BCUT2D eigenvalue weighted by molar-refractivity contribution is -0.114. The van der Waals surface area contributed by atoms with Crippen molar-refractivity contribution in [2.24, 2.45) is 10.1 Å². The molecule has 40 heavy (non-hydrogen) atoms. The zero-order valence-corrected chi connectivity index (χ0v) is 22.9. The zero-order valence-electron chi connectivity index (χ0n) is 22.1. The largest absolute Gasteiger partial charge is 0.492 e. The number of amidine groups is 2. The number of ether oxygens (including phenoxy) is 2. The van der Waals surface area contributed by atoms with E-state index < -0.39 is 5.91 Å². The van der Waals surface area contributed by atoms with Gasteiger partial charge in [-0.3, -0.25) is 10.2 Å². The minimum Gasteiger partial charge on any atom is -0.492 e. The molecule has 0 unspecified atom stereocenters. The number of carbonyl (C=O) groups is 1. The number of aliphatic imine (C=N–C) groups is 1. The number of para-hydroxylation sites is 2. The maximum Gasteiger partial charge on any atom is 0.283 e. The topological polar surface area (TPSA) is 92.3 Å². The molecule has 0 spiro atoms. The maximum atomic E-state index is 13.0. The molecule has 9 heteroatoms. The number of amides is 1. The van der Waals surface area contributed by atoms with Crippen LogP contribution in [0.5, 0.6) is 11.5 Å². The van der Waals surface area contributed by atoms with Crippen LogP contribution in [-0.4, -0.2) is 44.7 Å². The summed E-state index contributed by atoms with van der Waals surface area (Å²) < 4.78 is 14.0. The van der Waals surface area contributed by atoms with Gasteiger partial charge in [0, 0.05) is 22.7 Å². The summed E-state index contributed by atoms with van der Waals surface area (Å²) in [4.78, 5) is 17.3. The number of carbonyl (C=O) groups excluding carboxylic acids is 1. The molecule has 3 aromatic carbocycles. The SMILES string of the molecule is Cc1cccc(OCCn2cc(/C=C3/C(=N)N4N=C(COc5ccccc5C)SC4=NC3=O)c3ccccc32)c1. The molecular weight excluding hydrogens is 522 g/mol. The number of fused-ring (bicyclic) bond motifs is 2. The molecule has 3 heterocycles. The van der Waals surface area contributed by atoms with E-state index >= 15 is 0 Å². The summed E-state index contributed by atoms with van der Waals surface area (Å²) >= 11 is 1.24. The van der Waals surface area contributed by atoms with E-state index in [1.54, 1.807) is 6.08 Å². The molecule has 0 radical (unpaired) electrons. The van der Waals surface area contributed by atoms with Crippen LogP contribution < -0.4 is 9.47 Å². The van der Waals surface area contributed by atoms with Crippen molar-refractivity contribution >= 4 is 50.7 Å².